The van der Waals surface area contributed by atoms with Crippen LogP contribution in [0.25, 0.3) is 21.3 Å². The third-order valence-corrected chi connectivity index (χ3v) is 7.60. The fraction of sp³-hybridized carbons (Fsp3) is 0.241. The average molecular weight is 509 g/mol. The van der Waals surface area contributed by atoms with E-state index in [0.29, 0.717) is 12.5 Å². The van der Waals surface area contributed by atoms with Crippen LogP contribution < -0.4 is 10.6 Å². The van der Waals surface area contributed by atoms with Crippen LogP contribution in [0.4, 0.5) is 16.8 Å². The zero-order valence-electron chi connectivity index (χ0n) is 20.3. The number of benzene rings is 1. The molecular formula is C29H28N6OS. The molecule has 7 nitrogen and oxygen atoms in total. The molecular weight excluding hydrogens is 480 g/mol. The van der Waals surface area contributed by atoms with Crippen molar-refractivity contribution in [3.8, 4) is 11.1 Å². The maximum Gasteiger partial charge on any atom is 0.189 e. The van der Waals surface area contributed by atoms with Gasteiger partial charge in [-0.05, 0) is 79.3 Å². The first-order valence-electron chi connectivity index (χ1n) is 12.6. The lowest BCUT2D eigenvalue weighted by Gasteiger charge is -2.27. The van der Waals surface area contributed by atoms with Crippen LogP contribution in [0.2, 0.25) is 0 Å². The summed E-state index contributed by atoms with van der Waals surface area (Å²) in [5.41, 5.74) is 5.28. The van der Waals surface area contributed by atoms with E-state index in [1.54, 1.807) is 17.5 Å². The van der Waals surface area contributed by atoms with Gasteiger partial charge >= 0.3 is 0 Å². The number of pyridine rings is 3. The van der Waals surface area contributed by atoms with Crippen LogP contribution in [0, 0.1) is 0 Å². The van der Waals surface area contributed by atoms with Crippen LogP contribution in [-0.2, 0) is 6.42 Å². The second kappa shape index (κ2) is 10.6. The SMILES string of the molecule is O[C@H]1CC[C@H](Nc2cc(Cc3ccccn3)cc(Nc3nc4ccc(-c5cccnc5)cc4s3)n2)CC1. The van der Waals surface area contributed by atoms with Crippen molar-refractivity contribution in [2.24, 2.45) is 0 Å². The number of thiazole rings is 1. The Hall–Kier alpha value is -3.88. The van der Waals surface area contributed by atoms with E-state index in [0.717, 1.165) is 75.1 Å². The Morgan fingerprint density at radius 3 is 2.57 bits per heavy atom. The number of rotatable bonds is 7. The Morgan fingerprint density at radius 2 is 1.76 bits per heavy atom. The molecule has 0 amide bonds. The zero-order valence-corrected chi connectivity index (χ0v) is 21.2. The molecule has 0 saturated heterocycles. The average Bonchev–Trinajstić information content (AvgIpc) is 3.32. The lowest BCUT2D eigenvalue weighted by atomic mass is 9.93. The van der Waals surface area contributed by atoms with E-state index in [2.05, 4.69) is 57.0 Å². The van der Waals surface area contributed by atoms with Crippen LogP contribution in [0.3, 0.4) is 0 Å². The molecule has 1 aliphatic carbocycles. The number of fused-ring (bicyclic) bond motifs is 1. The van der Waals surface area contributed by atoms with E-state index in [1.807, 2.05) is 36.7 Å². The van der Waals surface area contributed by atoms with Gasteiger partial charge in [-0.2, -0.15) is 0 Å². The molecule has 0 atom stereocenters. The van der Waals surface area contributed by atoms with E-state index in [9.17, 15) is 5.11 Å². The molecule has 0 radical (unpaired) electrons. The largest absolute Gasteiger partial charge is 0.393 e. The van der Waals surface area contributed by atoms with E-state index in [1.165, 1.54) is 0 Å². The van der Waals surface area contributed by atoms with Crippen molar-refractivity contribution in [1.29, 1.82) is 0 Å². The maximum atomic E-state index is 9.88. The second-order valence-electron chi connectivity index (χ2n) is 9.46. The van der Waals surface area contributed by atoms with Gasteiger partial charge in [-0.3, -0.25) is 9.97 Å². The minimum absolute atomic E-state index is 0.184. The van der Waals surface area contributed by atoms with Gasteiger partial charge in [-0.25, -0.2) is 9.97 Å². The number of aliphatic hydroxyl groups excluding tert-OH is 1. The molecule has 0 bridgehead atoms. The number of nitrogens with zero attached hydrogens (tertiary/aromatic N) is 4. The van der Waals surface area contributed by atoms with Crippen LogP contribution in [0.5, 0.6) is 0 Å². The Bertz CT molecular complexity index is 1480. The van der Waals surface area contributed by atoms with Gasteiger partial charge in [0.15, 0.2) is 5.13 Å². The van der Waals surface area contributed by atoms with Gasteiger partial charge in [0.2, 0.25) is 0 Å². The fourth-order valence-electron chi connectivity index (χ4n) is 4.77. The summed E-state index contributed by atoms with van der Waals surface area (Å²) in [6.45, 7) is 0. The van der Waals surface area contributed by atoms with E-state index in [-0.39, 0.29) is 6.10 Å². The first-order valence-corrected chi connectivity index (χ1v) is 13.4. The van der Waals surface area contributed by atoms with Crippen molar-refractivity contribution in [3.05, 3.63) is 90.5 Å². The fourth-order valence-corrected chi connectivity index (χ4v) is 5.68. The minimum atomic E-state index is -0.184. The molecule has 37 heavy (non-hydrogen) atoms. The monoisotopic (exact) mass is 508 g/mol. The number of aliphatic hydroxyl groups is 1. The Morgan fingerprint density at radius 1 is 0.865 bits per heavy atom. The van der Waals surface area contributed by atoms with Crippen molar-refractivity contribution in [2.75, 3.05) is 10.6 Å². The summed E-state index contributed by atoms with van der Waals surface area (Å²) < 4.78 is 1.10. The number of hydrogen-bond donors (Lipinski definition) is 3. The predicted molar refractivity (Wildman–Crippen MR) is 149 cm³/mol. The predicted octanol–water partition coefficient (Wildman–Crippen LogP) is 6.20. The summed E-state index contributed by atoms with van der Waals surface area (Å²) in [7, 11) is 0. The summed E-state index contributed by atoms with van der Waals surface area (Å²) in [5.74, 6) is 1.58. The lowest BCUT2D eigenvalue weighted by molar-refractivity contribution is 0.126. The van der Waals surface area contributed by atoms with E-state index < -0.39 is 0 Å². The van der Waals surface area contributed by atoms with Gasteiger partial charge in [-0.15, -0.1) is 0 Å². The lowest BCUT2D eigenvalue weighted by Crippen LogP contribution is -2.28. The molecule has 1 fully saturated rings. The Kier molecular flexibility index (Phi) is 6.75. The van der Waals surface area contributed by atoms with Gasteiger partial charge in [0, 0.05) is 42.3 Å². The molecule has 4 aromatic heterocycles. The molecule has 1 saturated carbocycles. The molecule has 6 rings (SSSR count). The molecule has 186 valence electrons. The molecule has 0 aliphatic heterocycles. The van der Waals surface area contributed by atoms with Crippen LogP contribution >= 0.6 is 11.3 Å². The molecule has 0 unspecified atom stereocenters. The summed E-state index contributed by atoms with van der Waals surface area (Å²) in [5, 5.41) is 17.7. The highest BCUT2D eigenvalue weighted by Crippen LogP contribution is 2.32. The smallest absolute Gasteiger partial charge is 0.189 e. The Balaban J connectivity index is 1.27. The zero-order chi connectivity index (χ0) is 25.0. The molecule has 4 heterocycles. The highest BCUT2D eigenvalue weighted by molar-refractivity contribution is 7.22. The normalized spacial score (nSPS) is 17.5. The molecule has 8 heteroatoms. The Labute approximate surface area is 219 Å². The third kappa shape index (κ3) is 5.76. The van der Waals surface area contributed by atoms with Gasteiger partial charge in [0.05, 0.1) is 16.3 Å². The van der Waals surface area contributed by atoms with E-state index in [4.69, 9.17) is 9.97 Å². The first-order chi connectivity index (χ1) is 18.2. The number of anilines is 3. The molecule has 5 aromatic rings. The molecule has 1 aliphatic rings. The van der Waals surface area contributed by atoms with Gasteiger partial charge in [0.25, 0.3) is 0 Å². The number of nitrogens with one attached hydrogen (secondary N) is 2. The molecule has 3 N–H and O–H groups in total. The summed E-state index contributed by atoms with van der Waals surface area (Å²) in [6, 6.07) is 20.8. The second-order valence-corrected chi connectivity index (χ2v) is 10.5. The third-order valence-electron chi connectivity index (χ3n) is 6.66. The quantitative estimate of drug-likeness (QED) is 0.241. The summed E-state index contributed by atoms with van der Waals surface area (Å²) in [4.78, 5) is 18.4. The summed E-state index contributed by atoms with van der Waals surface area (Å²) >= 11 is 1.61. The van der Waals surface area contributed by atoms with Crippen molar-refractivity contribution in [1.82, 2.24) is 19.9 Å². The standard InChI is InChI=1S/C29H28N6OS/c36-24-9-7-22(8-10-24)32-27-15-19(14-23-5-1-2-13-31-23)16-28(34-27)35-29-33-25-11-6-20(17-26(25)37-29)21-4-3-12-30-18-21/h1-6,11-13,15-18,22,24,36H,7-10,14H2,(H2,32,33,34,35)/t22-,24-. The van der Waals surface area contributed by atoms with Gasteiger partial charge in [-0.1, -0.05) is 29.5 Å². The highest BCUT2D eigenvalue weighted by atomic mass is 32.1. The highest BCUT2D eigenvalue weighted by Gasteiger charge is 2.20. The minimum Gasteiger partial charge on any atom is -0.393 e. The molecule has 1 aromatic carbocycles. The van der Waals surface area contributed by atoms with Crippen molar-refractivity contribution in [2.45, 2.75) is 44.2 Å². The maximum absolute atomic E-state index is 9.88. The number of hydrogen-bond acceptors (Lipinski definition) is 8. The first kappa shape index (κ1) is 23.5. The van der Waals surface area contributed by atoms with Crippen LogP contribution in [0.1, 0.15) is 36.9 Å². The van der Waals surface area contributed by atoms with Crippen LogP contribution in [-0.4, -0.2) is 37.2 Å². The van der Waals surface area contributed by atoms with Crippen molar-refractivity contribution < 1.29 is 5.11 Å². The van der Waals surface area contributed by atoms with E-state index >= 15 is 0 Å². The van der Waals surface area contributed by atoms with Crippen molar-refractivity contribution >= 4 is 38.3 Å². The van der Waals surface area contributed by atoms with Crippen LogP contribution in [0.15, 0.2) is 79.3 Å². The summed E-state index contributed by atoms with van der Waals surface area (Å²) in [6.07, 6.45) is 9.53. The van der Waals surface area contributed by atoms with Crippen molar-refractivity contribution in [3.63, 3.8) is 0 Å². The number of aromatic nitrogens is 4. The molecule has 0 spiro atoms. The topological polar surface area (TPSA) is 95.8 Å². The van der Waals surface area contributed by atoms with Gasteiger partial charge < -0.3 is 15.7 Å². The van der Waals surface area contributed by atoms with Gasteiger partial charge in [0.1, 0.15) is 11.6 Å².